The van der Waals surface area contributed by atoms with Gasteiger partial charge in [-0.3, -0.25) is 4.68 Å². The summed E-state index contributed by atoms with van der Waals surface area (Å²) in [6.45, 7) is 6.54. The molecule has 0 aliphatic heterocycles. The number of anilines is 1. The maximum atomic E-state index is 6.05. The number of aromatic nitrogens is 4. The molecule has 0 aromatic carbocycles. The third-order valence-corrected chi connectivity index (χ3v) is 2.89. The van der Waals surface area contributed by atoms with E-state index in [2.05, 4.69) is 27.0 Å². The summed E-state index contributed by atoms with van der Waals surface area (Å²) < 4.78 is 6.57. The Morgan fingerprint density at radius 1 is 1.18 bits per heavy atom. The van der Waals surface area contributed by atoms with Crippen LogP contribution in [-0.4, -0.2) is 20.1 Å². The standard InChI is InChI=1S/C11H17N5O/c1-4-8-11(12)10(5-2)16(13-8)6-9-7(3)14-17-15-9/h4-6,12H2,1-3H3. The summed E-state index contributed by atoms with van der Waals surface area (Å²) in [5, 5.41) is 12.1. The summed E-state index contributed by atoms with van der Waals surface area (Å²) in [5.41, 5.74) is 10.4. The van der Waals surface area contributed by atoms with E-state index in [0.29, 0.717) is 6.54 Å². The van der Waals surface area contributed by atoms with Gasteiger partial charge in [-0.25, -0.2) is 4.63 Å². The smallest absolute Gasteiger partial charge is 0.129 e. The molecule has 2 rings (SSSR count). The van der Waals surface area contributed by atoms with Gasteiger partial charge >= 0.3 is 0 Å². The monoisotopic (exact) mass is 235 g/mol. The lowest BCUT2D eigenvalue weighted by Gasteiger charge is -2.03. The molecule has 0 saturated heterocycles. The summed E-state index contributed by atoms with van der Waals surface area (Å²) in [6.07, 6.45) is 1.69. The average Bonchev–Trinajstić information content (AvgIpc) is 2.84. The third kappa shape index (κ3) is 2.02. The van der Waals surface area contributed by atoms with Gasteiger partial charge in [0, 0.05) is 0 Å². The fraction of sp³-hybridized carbons (Fsp3) is 0.545. The fourth-order valence-corrected chi connectivity index (χ4v) is 1.87. The molecule has 0 bridgehead atoms. The molecule has 0 unspecified atom stereocenters. The number of rotatable bonds is 4. The molecule has 6 nitrogen and oxygen atoms in total. The van der Waals surface area contributed by atoms with Crippen molar-refractivity contribution in [1.82, 2.24) is 20.1 Å². The van der Waals surface area contributed by atoms with Crippen molar-refractivity contribution in [3.8, 4) is 0 Å². The minimum atomic E-state index is 0.558. The van der Waals surface area contributed by atoms with Crippen LogP contribution in [-0.2, 0) is 19.4 Å². The van der Waals surface area contributed by atoms with E-state index in [1.165, 1.54) is 0 Å². The van der Waals surface area contributed by atoms with Crippen LogP contribution in [0.2, 0.25) is 0 Å². The van der Waals surface area contributed by atoms with Crippen LogP contribution in [0.25, 0.3) is 0 Å². The molecule has 0 aliphatic rings. The number of hydrogen-bond acceptors (Lipinski definition) is 5. The topological polar surface area (TPSA) is 82.8 Å². The second-order valence-corrected chi connectivity index (χ2v) is 3.97. The summed E-state index contributed by atoms with van der Waals surface area (Å²) in [6, 6.07) is 0. The number of aryl methyl sites for hydroxylation is 2. The third-order valence-electron chi connectivity index (χ3n) is 2.89. The van der Waals surface area contributed by atoms with Gasteiger partial charge in [0.15, 0.2) is 0 Å². The van der Waals surface area contributed by atoms with E-state index in [0.717, 1.165) is 41.3 Å². The predicted octanol–water partition coefficient (Wildman–Crippen LogP) is 1.33. The quantitative estimate of drug-likeness (QED) is 0.864. The van der Waals surface area contributed by atoms with E-state index in [9.17, 15) is 0 Å². The first-order valence-corrected chi connectivity index (χ1v) is 5.79. The van der Waals surface area contributed by atoms with Crippen LogP contribution in [0.5, 0.6) is 0 Å². The van der Waals surface area contributed by atoms with Gasteiger partial charge in [-0.2, -0.15) is 5.10 Å². The van der Waals surface area contributed by atoms with Gasteiger partial charge in [-0.15, -0.1) is 0 Å². The second kappa shape index (κ2) is 4.57. The Labute approximate surface area is 99.8 Å². The maximum Gasteiger partial charge on any atom is 0.129 e. The Morgan fingerprint density at radius 3 is 2.47 bits per heavy atom. The summed E-state index contributed by atoms with van der Waals surface area (Å²) in [5.74, 6) is 0. The summed E-state index contributed by atoms with van der Waals surface area (Å²) in [7, 11) is 0. The molecule has 2 N–H and O–H groups in total. The van der Waals surface area contributed by atoms with Crippen LogP contribution in [0.15, 0.2) is 4.63 Å². The summed E-state index contributed by atoms with van der Waals surface area (Å²) in [4.78, 5) is 0. The highest BCUT2D eigenvalue weighted by Gasteiger charge is 2.15. The molecule has 2 heterocycles. The molecule has 0 amide bonds. The van der Waals surface area contributed by atoms with Crippen molar-refractivity contribution in [2.75, 3.05) is 5.73 Å². The highest BCUT2D eigenvalue weighted by atomic mass is 16.6. The lowest BCUT2D eigenvalue weighted by atomic mass is 10.2. The first-order chi connectivity index (χ1) is 8.17. The second-order valence-electron chi connectivity index (χ2n) is 3.97. The molecule has 92 valence electrons. The Morgan fingerprint density at radius 2 is 1.94 bits per heavy atom. The minimum Gasteiger partial charge on any atom is -0.396 e. The molecular weight excluding hydrogens is 218 g/mol. The molecule has 0 fully saturated rings. The van der Waals surface area contributed by atoms with Gasteiger partial charge in [0.25, 0.3) is 0 Å². The minimum absolute atomic E-state index is 0.558. The Bertz CT molecular complexity index is 514. The Kier molecular flexibility index (Phi) is 3.12. The lowest BCUT2D eigenvalue weighted by Crippen LogP contribution is -2.08. The van der Waals surface area contributed by atoms with Crippen molar-refractivity contribution in [2.24, 2.45) is 0 Å². The van der Waals surface area contributed by atoms with Crippen LogP contribution in [0.4, 0.5) is 5.69 Å². The van der Waals surface area contributed by atoms with Crippen molar-refractivity contribution in [3.63, 3.8) is 0 Å². The molecule has 0 aliphatic carbocycles. The van der Waals surface area contributed by atoms with E-state index >= 15 is 0 Å². The molecule has 17 heavy (non-hydrogen) atoms. The normalized spacial score (nSPS) is 11.0. The Balaban J connectivity index is 2.35. The Hall–Kier alpha value is -1.85. The summed E-state index contributed by atoms with van der Waals surface area (Å²) >= 11 is 0. The van der Waals surface area contributed by atoms with Crippen molar-refractivity contribution in [3.05, 3.63) is 22.8 Å². The van der Waals surface area contributed by atoms with Crippen molar-refractivity contribution >= 4 is 5.69 Å². The van der Waals surface area contributed by atoms with E-state index in [4.69, 9.17) is 5.73 Å². The van der Waals surface area contributed by atoms with Crippen LogP contribution < -0.4 is 5.73 Å². The number of hydrogen-bond donors (Lipinski definition) is 1. The van der Waals surface area contributed by atoms with Gasteiger partial charge in [0.05, 0.1) is 23.6 Å². The zero-order chi connectivity index (χ0) is 12.4. The van der Waals surface area contributed by atoms with E-state index in [-0.39, 0.29) is 0 Å². The van der Waals surface area contributed by atoms with Crippen LogP contribution >= 0.6 is 0 Å². The maximum absolute atomic E-state index is 6.05. The van der Waals surface area contributed by atoms with Crippen LogP contribution in [0.1, 0.15) is 36.6 Å². The van der Waals surface area contributed by atoms with Gasteiger partial charge in [0.1, 0.15) is 11.4 Å². The molecular formula is C11H17N5O. The first-order valence-electron chi connectivity index (χ1n) is 5.79. The number of nitrogens with two attached hydrogens (primary N) is 1. The van der Waals surface area contributed by atoms with Crippen molar-refractivity contribution < 1.29 is 4.63 Å². The molecule has 0 spiro atoms. The largest absolute Gasteiger partial charge is 0.396 e. The van der Waals surface area contributed by atoms with E-state index < -0.39 is 0 Å². The molecule has 6 heteroatoms. The van der Waals surface area contributed by atoms with Gasteiger partial charge in [-0.1, -0.05) is 24.2 Å². The first kappa shape index (κ1) is 11.6. The van der Waals surface area contributed by atoms with Crippen LogP contribution in [0.3, 0.4) is 0 Å². The molecule has 2 aromatic rings. The van der Waals surface area contributed by atoms with Gasteiger partial charge in [0.2, 0.25) is 0 Å². The zero-order valence-electron chi connectivity index (χ0n) is 10.4. The van der Waals surface area contributed by atoms with Crippen molar-refractivity contribution in [1.29, 1.82) is 0 Å². The number of nitrogen functional groups attached to an aromatic ring is 1. The molecule has 2 aromatic heterocycles. The molecule has 0 saturated carbocycles. The van der Waals surface area contributed by atoms with Gasteiger partial charge < -0.3 is 5.73 Å². The molecule has 0 radical (unpaired) electrons. The lowest BCUT2D eigenvalue weighted by molar-refractivity contribution is 0.300. The zero-order valence-corrected chi connectivity index (χ0v) is 10.4. The van der Waals surface area contributed by atoms with Crippen molar-refractivity contribution in [2.45, 2.75) is 40.2 Å². The fourth-order valence-electron chi connectivity index (χ4n) is 1.87. The van der Waals surface area contributed by atoms with Crippen LogP contribution in [0, 0.1) is 6.92 Å². The number of nitrogens with zero attached hydrogens (tertiary/aromatic N) is 4. The highest BCUT2D eigenvalue weighted by molar-refractivity contribution is 5.48. The highest BCUT2D eigenvalue weighted by Crippen LogP contribution is 2.19. The van der Waals surface area contributed by atoms with E-state index in [1.807, 2.05) is 18.5 Å². The average molecular weight is 235 g/mol. The SMILES string of the molecule is CCc1nn(Cc2nonc2C)c(CC)c1N. The predicted molar refractivity (Wildman–Crippen MR) is 63.5 cm³/mol. The molecule has 0 atom stereocenters. The van der Waals surface area contributed by atoms with Gasteiger partial charge in [-0.05, 0) is 19.8 Å². The van der Waals surface area contributed by atoms with E-state index in [1.54, 1.807) is 0 Å².